The zero-order chi connectivity index (χ0) is 27.5. The van der Waals surface area contributed by atoms with Gasteiger partial charge in [0.25, 0.3) is 0 Å². The molecular formula is C27H30ClN3O6S. The van der Waals surface area contributed by atoms with E-state index >= 15 is 0 Å². The maximum absolute atomic E-state index is 13.2. The van der Waals surface area contributed by atoms with Gasteiger partial charge in [0.15, 0.2) is 0 Å². The molecule has 1 aromatic heterocycles. The normalized spacial score (nSPS) is 12.2. The van der Waals surface area contributed by atoms with Gasteiger partial charge in [-0.15, -0.1) is 0 Å². The molecule has 0 aliphatic rings. The fraction of sp³-hybridized carbons (Fsp3) is 0.296. The molecule has 3 rings (SSSR count). The summed E-state index contributed by atoms with van der Waals surface area (Å²) in [6, 6.07) is 16.0. The van der Waals surface area contributed by atoms with Crippen molar-refractivity contribution < 1.29 is 27.5 Å². The van der Waals surface area contributed by atoms with E-state index in [9.17, 15) is 18.0 Å². The van der Waals surface area contributed by atoms with Gasteiger partial charge in [-0.1, -0.05) is 29.8 Å². The summed E-state index contributed by atoms with van der Waals surface area (Å²) >= 11 is 5.92. The number of methoxy groups -OCH3 is 2. The zero-order valence-electron chi connectivity index (χ0n) is 21.2. The lowest BCUT2D eigenvalue weighted by atomic mass is 10.1. The van der Waals surface area contributed by atoms with Crippen LogP contribution in [0.2, 0.25) is 5.02 Å². The number of nitrogens with zero attached hydrogens (tertiary/aromatic N) is 2. The lowest BCUT2D eigenvalue weighted by molar-refractivity contribution is -0.140. The summed E-state index contributed by atoms with van der Waals surface area (Å²) in [5.74, 6) is -0.860. The second-order valence-corrected chi connectivity index (χ2v) is 10.8. The summed E-state index contributed by atoms with van der Waals surface area (Å²) in [5, 5.41) is 0.423. The Hall–Kier alpha value is -3.31. The Kier molecular flexibility index (Phi) is 10.8. The Morgan fingerprint density at radius 2 is 1.66 bits per heavy atom. The van der Waals surface area contributed by atoms with Gasteiger partial charge in [-0.25, -0.2) is 17.9 Å². The number of carbonyl (C=O) groups is 2. The highest BCUT2D eigenvalue weighted by Crippen LogP contribution is 2.17. The average Bonchev–Trinajstić information content (AvgIpc) is 2.92. The van der Waals surface area contributed by atoms with Gasteiger partial charge in [-0.3, -0.25) is 14.7 Å². The molecule has 0 fully saturated rings. The van der Waals surface area contributed by atoms with E-state index in [1.54, 1.807) is 24.5 Å². The first-order valence-electron chi connectivity index (χ1n) is 11.8. The molecular weight excluding hydrogens is 530 g/mol. The van der Waals surface area contributed by atoms with Crippen molar-refractivity contribution in [2.45, 2.75) is 36.9 Å². The van der Waals surface area contributed by atoms with Gasteiger partial charge in [-0.05, 0) is 60.0 Å². The zero-order valence-corrected chi connectivity index (χ0v) is 22.7. The minimum Gasteiger partial charge on any atom is -0.469 e. The Labute approximate surface area is 227 Å². The fourth-order valence-electron chi connectivity index (χ4n) is 3.85. The monoisotopic (exact) mass is 559 g/mol. The number of benzene rings is 2. The summed E-state index contributed by atoms with van der Waals surface area (Å²) in [4.78, 5) is 30.0. The highest BCUT2D eigenvalue weighted by Gasteiger charge is 2.24. The summed E-state index contributed by atoms with van der Waals surface area (Å²) < 4.78 is 38.6. The van der Waals surface area contributed by atoms with E-state index in [2.05, 4.69) is 14.6 Å². The van der Waals surface area contributed by atoms with Gasteiger partial charge in [-0.2, -0.15) is 0 Å². The number of rotatable bonds is 13. The van der Waals surface area contributed by atoms with Crippen molar-refractivity contribution in [2.24, 2.45) is 0 Å². The lowest BCUT2D eigenvalue weighted by Gasteiger charge is -2.28. The largest absolute Gasteiger partial charge is 0.469 e. The van der Waals surface area contributed by atoms with E-state index in [0.717, 1.165) is 11.1 Å². The molecule has 0 bridgehead atoms. The van der Waals surface area contributed by atoms with Crippen LogP contribution in [0.4, 0.5) is 0 Å². The maximum Gasteiger partial charge on any atom is 0.337 e. The number of sulfonamides is 1. The van der Waals surface area contributed by atoms with E-state index in [-0.39, 0.29) is 24.3 Å². The topological polar surface area (TPSA) is 115 Å². The Morgan fingerprint density at radius 1 is 0.974 bits per heavy atom. The van der Waals surface area contributed by atoms with Gasteiger partial charge >= 0.3 is 11.9 Å². The third kappa shape index (κ3) is 8.91. The third-order valence-electron chi connectivity index (χ3n) is 5.76. The van der Waals surface area contributed by atoms with Crippen molar-refractivity contribution in [1.29, 1.82) is 0 Å². The minimum absolute atomic E-state index is 0.0405. The second kappa shape index (κ2) is 14.0. The van der Waals surface area contributed by atoms with E-state index in [1.165, 1.54) is 38.5 Å². The van der Waals surface area contributed by atoms with E-state index in [4.69, 9.17) is 21.1 Å². The number of pyridine rings is 1. The second-order valence-electron chi connectivity index (χ2n) is 8.61. The van der Waals surface area contributed by atoms with Crippen LogP contribution in [0.15, 0.2) is 78.0 Å². The van der Waals surface area contributed by atoms with Crippen molar-refractivity contribution in [2.75, 3.05) is 20.8 Å². The van der Waals surface area contributed by atoms with Crippen molar-refractivity contribution in [3.63, 3.8) is 0 Å². The van der Waals surface area contributed by atoms with Crippen molar-refractivity contribution >= 4 is 33.6 Å². The molecule has 0 aliphatic carbocycles. The molecule has 0 saturated heterocycles. The molecule has 202 valence electrons. The molecule has 11 heteroatoms. The molecule has 1 heterocycles. The molecule has 0 saturated carbocycles. The first-order chi connectivity index (χ1) is 18.2. The van der Waals surface area contributed by atoms with Crippen LogP contribution in [-0.4, -0.2) is 57.0 Å². The summed E-state index contributed by atoms with van der Waals surface area (Å²) in [5.41, 5.74) is 2.28. The number of halogens is 1. The highest BCUT2D eigenvalue weighted by atomic mass is 35.5. The van der Waals surface area contributed by atoms with Crippen LogP contribution in [0.5, 0.6) is 0 Å². The molecule has 1 atom stereocenters. The Bertz CT molecular complexity index is 1300. The molecule has 0 amide bonds. The van der Waals surface area contributed by atoms with Crippen LogP contribution in [0.25, 0.3) is 0 Å². The predicted molar refractivity (Wildman–Crippen MR) is 143 cm³/mol. The molecule has 0 aliphatic heterocycles. The highest BCUT2D eigenvalue weighted by molar-refractivity contribution is 7.89. The van der Waals surface area contributed by atoms with Crippen LogP contribution in [-0.2, 0) is 37.4 Å². The number of aromatic nitrogens is 1. The van der Waals surface area contributed by atoms with Gasteiger partial charge < -0.3 is 9.47 Å². The van der Waals surface area contributed by atoms with Gasteiger partial charge in [0.1, 0.15) is 0 Å². The predicted octanol–water partition coefficient (Wildman–Crippen LogP) is 3.82. The average molecular weight is 560 g/mol. The van der Waals surface area contributed by atoms with Crippen LogP contribution in [0, 0.1) is 0 Å². The molecule has 0 unspecified atom stereocenters. The Balaban J connectivity index is 1.85. The Morgan fingerprint density at radius 3 is 2.26 bits per heavy atom. The molecule has 9 nitrogen and oxygen atoms in total. The molecule has 1 N–H and O–H groups in total. The molecule has 0 radical (unpaired) electrons. The van der Waals surface area contributed by atoms with Gasteiger partial charge in [0.05, 0.1) is 24.7 Å². The quantitative estimate of drug-likeness (QED) is 0.314. The smallest absolute Gasteiger partial charge is 0.337 e. The first-order valence-corrected chi connectivity index (χ1v) is 13.7. The summed E-state index contributed by atoms with van der Waals surface area (Å²) in [6.45, 7) is 1.22. The number of ether oxygens (including phenoxy) is 2. The van der Waals surface area contributed by atoms with E-state index in [1.807, 2.05) is 24.3 Å². The third-order valence-corrected chi connectivity index (χ3v) is 7.55. The molecule has 2 aromatic carbocycles. The number of nitrogens with one attached hydrogen (secondary N) is 1. The number of hydrogen-bond donors (Lipinski definition) is 1. The lowest BCUT2D eigenvalue weighted by Crippen LogP contribution is -2.43. The molecule has 3 aromatic rings. The first kappa shape index (κ1) is 29.2. The number of hydrogen-bond acceptors (Lipinski definition) is 8. The fourth-order valence-corrected chi connectivity index (χ4v) is 5.24. The van der Waals surface area contributed by atoms with Crippen LogP contribution in [0.3, 0.4) is 0 Å². The summed E-state index contributed by atoms with van der Waals surface area (Å²) in [6.07, 6.45) is 3.69. The standard InChI is InChI=1S/C27H30ClN3O6S/c1-36-26(32)14-11-24(30-38(34,35)25-12-9-23(28)10-13-25)19-31(18-21-4-3-15-29-16-21)17-20-5-7-22(8-6-20)27(33)37-2/h3-10,12-13,15-16,24,30H,11,14,17-19H2,1-2H3/t24-/m0/s1. The number of esters is 2. The van der Waals surface area contributed by atoms with E-state index < -0.39 is 28.0 Å². The van der Waals surface area contributed by atoms with Crippen LogP contribution in [0.1, 0.15) is 34.3 Å². The SMILES string of the molecule is COC(=O)CC[C@@H](CN(Cc1ccc(C(=O)OC)cc1)Cc1cccnc1)NS(=O)(=O)c1ccc(Cl)cc1. The van der Waals surface area contributed by atoms with Crippen molar-refractivity contribution in [1.82, 2.24) is 14.6 Å². The maximum atomic E-state index is 13.2. The van der Waals surface area contributed by atoms with Gasteiger partial charge in [0, 0.05) is 49.5 Å². The van der Waals surface area contributed by atoms with Crippen molar-refractivity contribution in [3.8, 4) is 0 Å². The number of carbonyl (C=O) groups excluding carboxylic acids is 2. The van der Waals surface area contributed by atoms with Crippen molar-refractivity contribution in [3.05, 3.63) is 94.8 Å². The minimum atomic E-state index is -3.89. The molecule has 0 spiro atoms. The molecule has 38 heavy (non-hydrogen) atoms. The van der Waals surface area contributed by atoms with E-state index in [0.29, 0.717) is 23.7 Å². The van der Waals surface area contributed by atoms with Crippen LogP contribution >= 0.6 is 11.6 Å². The summed E-state index contributed by atoms with van der Waals surface area (Å²) in [7, 11) is -1.27. The van der Waals surface area contributed by atoms with Gasteiger partial charge in [0.2, 0.25) is 10.0 Å². The van der Waals surface area contributed by atoms with Crippen LogP contribution < -0.4 is 4.72 Å².